The van der Waals surface area contributed by atoms with Crippen LogP contribution in [0.2, 0.25) is 0 Å². The number of benzene rings is 8. The van der Waals surface area contributed by atoms with E-state index in [2.05, 4.69) is 205 Å². The number of aromatic nitrogens is 1. The molecular weight excluding hydrogens is 685 g/mol. The van der Waals surface area contributed by atoms with E-state index in [0.717, 1.165) is 21.9 Å². The molecule has 3 heteroatoms. The molecule has 0 saturated carbocycles. The van der Waals surface area contributed by atoms with Crippen molar-refractivity contribution in [2.75, 3.05) is 4.90 Å². The smallest absolute Gasteiger partial charge is 0.124 e. The van der Waals surface area contributed by atoms with Gasteiger partial charge in [-0.2, -0.15) is 0 Å². The lowest BCUT2D eigenvalue weighted by atomic mass is 9.67. The molecule has 0 amide bonds. The maximum Gasteiger partial charge on any atom is 0.124 e. The van der Waals surface area contributed by atoms with Gasteiger partial charge in [-0.25, -0.2) is 4.98 Å². The minimum Gasteiger partial charge on any atom is -0.309 e. The molecular formula is C52H34N2S. The van der Waals surface area contributed by atoms with Crippen LogP contribution >= 0.6 is 11.3 Å². The number of hydrogen-bond donors (Lipinski definition) is 0. The van der Waals surface area contributed by atoms with Gasteiger partial charge in [-0.15, -0.1) is 11.3 Å². The van der Waals surface area contributed by atoms with Crippen LogP contribution in [0.1, 0.15) is 22.3 Å². The van der Waals surface area contributed by atoms with E-state index in [1.807, 2.05) is 6.20 Å². The fourth-order valence-corrected chi connectivity index (χ4v) is 9.97. The summed E-state index contributed by atoms with van der Waals surface area (Å²) in [5.74, 6) is 0. The van der Waals surface area contributed by atoms with Gasteiger partial charge in [-0.3, -0.25) is 0 Å². The van der Waals surface area contributed by atoms with Crippen molar-refractivity contribution < 1.29 is 0 Å². The van der Waals surface area contributed by atoms with Crippen LogP contribution in [0.4, 0.5) is 17.1 Å². The lowest BCUT2D eigenvalue weighted by Crippen LogP contribution is -2.28. The fourth-order valence-electron chi connectivity index (χ4n) is 8.91. The van der Waals surface area contributed by atoms with Gasteiger partial charge in [0.1, 0.15) is 4.83 Å². The summed E-state index contributed by atoms with van der Waals surface area (Å²) >= 11 is 1.76. The van der Waals surface area contributed by atoms with Crippen LogP contribution in [-0.2, 0) is 5.41 Å². The zero-order valence-corrected chi connectivity index (χ0v) is 30.7. The molecule has 2 nitrogen and oxygen atoms in total. The number of fused-ring (bicyclic) bond motifs is 7. The molecule has 2 aromatic heterocycles. The zero-order valence-electron chi connectivity index (χ0n) is 29.9. The SMILES string of the molecule is c1ccc(-c2ccc(N(c3ccc4c(c3)C(c3ccccc3)(c3ccccc3)c3ccccc3-4)c3cnc4sc5cc6ccccc6cc5c4c3)cc2)cc1. The Balaban J connectivity index is 1.16. The first-order chi connectivity index (χ1) is 27.3. The summed E-state index contributed by atoms with van der Waals surface area (Å²) in [6.07, 6.45) is 2.05. The number of pyridine rings is 1. The Morgan fingerprint density at radius 3 is 1.73 bits per heavy atom. The normalized spacial score (nSPS) is 12.9. The highest BCUT2D eigenvalue weighted by atomic mass is 32.1. The highest BCUT2D eigenvalue weighted by Gasteiger charge is 2.46. The van der Waals surface area contributed by atoms with Gasteiger partial charge in [0, 0.05) is 26.8 Å². The van der Waals surface area contributed by atoms with E-state index >= 15 is 0 Å². The van der Waals surface area contributed by atoms with Crippen LogP contribution in [0.15, 0.2) is 206 Å². The minimum atomic E-state index is -0.500. The predicted octanol–water partition coefficient (Wildman–Crippen LogP) is 14.1. The Bertz CT molecular complexity index is 2980. The molecule has 0 atom stereocenters. The Labute approximate surface area is 324 Å². The number of hydrogen-bond acceptors (Lipinski definition) is 3. The van der Waals surface area contributed by atoms with E-state index in [0.29, 0.717) is 0 Å². The third-order valence-corrected chi connectivity index (χ3v) is 12.4. The first kappa shape index (κ1) is 31.7. The molecule has 11 rings (SSSR count). The average Bonchev–Trinajstić information content (AvgIpc) is 3.76. The Kier molecular flexibility index (Phi) is 7.29. The summed E-state index contributed by atoms with van der Waals surface area (Å²) in [5, 5.41) is 4.90. The molecule has 0 bridgehead atoms. The molecule has 0 spiro atoms. The molecule has 10 aromatic rings. The second kappa shape index (κ2) is 12.7. The third-order valence-electron chi connectivity index (χ3n) is 11.4. The molecule has 0 N–H and O–H groups in total. The van der Waals surface area contributed by atoms with E-state index in [-0.39, 0.29) is 0 Å². The third kappa shape index (κ3) is 4.97. The monoisotopic (exact) mass is 718 g/mol. The number of nitrogens with zero attached hydrogens (tertiary/aromatic N) is 2. The highest BCUT2D eigenvalue weighted by molar-refractivity contribution is 7.25. The van der Waals surface area contributed by atoms with Crippen molar-refractivity contribution in [3.63, 3.8) is 0 Å². The Morgan fingerprint density at radius 2 is 1.00 bits per heavy atom. The summed E-state index contributed by atoms with van der Waals surface area (Å²) in [7, 11) is 0. The van der Waals surface area contributed by atoms with Crippen LogP contribution in [0.5, 0.6) is 0 Å². The van der Waals surface area contributed by atoms with Crippen molar-refractivity contribution in [3.8, 4) is 22.3 Å². The summed E-state index contributed by atoms with van der Waals surface area (Å²) in [6, 6.07) is 73.2. The molecule has 55 heavy (non-hydrogen) atoms. The first-order valence-electron chi connectivity index (χ1n) is 18.8. The first-order valence-corrected chi connectivity index (χ1v) is 19.6. The van der Waals surface area contributed by atoms with Crippen LogP contribution in [0.25, 0.3) is 53.3 Å². The number of rotatable bonds is 6. The van der Waals surface area contributed by atoms with Gasteiger partial charge in [0.15, 0.2) is 0 Å². The molecule has 0 unspecified atom stereocenters. The second-order valence-corrected chi connectivity index (χ2v) is 15.4. The van der Waals surface area contributed by atoms with Crippen LogP contribution < -0.4 is 4.90 Å². The topological polar surface area (TPSA) is 16.1 Å². The molecule has 2 heterocycles. The van der Waals surface area contributed by atoms with Crippen LogP contribution in [0, 0.1) is 0 Å². The van der Waals surface area contributed by atoms with Gasteiger partial charge in [0.25, 0.3) is 0 Å². The van der Waals surface area contributed by atoms with Gasteiger partial charge in [0.2, 0.25) is 0 Å². The van der Waals surface area contributed by atoms with Crippen molar-refractivity contribution >= 4 is 59.5 Å². The van der Waals surface area contributed by atoms with Gasteiger partial charge in [0.05, 0.1) is 17.3 Å². The Hall–Kier alpha value is -6.81. The van der Waals surface area contributed by atoms with E-state index < -0.39 is 5.41 Å². The van der Waals surface area contributed by atoms with Crippen LogP contribution in [-0.4, -0.2) is 4.98 Å². The lowest BCUT2D eigenvalue weighted by Gasteiger charge is -2.35. The highest BCUT2D eigenvalue weighted by Crippen LogP contribution is 2.57. The molecule has 1 aliphatic carbocycles. The fraction of sp³-hybridized carbons (Fsp3) is 0.0192. The van der Waals surface area contributed by atoms with Crippen molar-refractivity contribution in [1.82, 2.24) is 4.98 Å². The van der Waals surface area contributed by atoms with Crippen molar-refractivity contribution in [3.05, 3.63) is 229 Å². The molecule has 0 saturated heterocycles. The largest absolute Gasteiger partial charge is 0.309 e. The predicted molar refractivity (Wildman–Crippen MR) is 232 cm³/mol. The minimum absolute atomic E-state index is 0.500. The summed E-state index contributed by atoms with van der Waals surface area (Å²) in [4.78, 5) is 8.58. The van der Waals surface area contributed by atoms with Gasteiger partial charge in [-0.1, -0.05) is 158 Å². The maximum absolute atomic E-state index is 5.15. The Morgan fingerprint density at radius 1 is 0.418 bits per heavy atom. The molecule has 1 aliphatic rings. The summed E-state index contributed by atoms with van der Waals surface area (Å²) in [5.41, 5.74) is 12.7. The lowest BCUT2D eigenvalue weighted by molar-refractivity contribution is 0.768. The summed E-state index contributed by atoms with van der Waals surface area (Å²) < 4.78 is 1.25. The van der Waals surface area contributed by atoms with Crippen molar-refractivity contribution in [2.45, 2.75) is 5.41 Å². The molecule has 0 aliphatic heterocycles. The van der Waals surface area contributed by atoms with Crippen molar-refractivity contribution in [2.24, 2.45) is 0 Å². The average molecular weight is 719 g/mol. The zero-order chi connectivity index (χ0) is 36.3. The molecule has 258 valence electrons. The second-order valence-electron chi connectivity index (χ2n) is 14.3. The van der Waals surface area contributed by atoms with Crippen molar-refractivity contribution in [1.29, 1.82) is 0 Å². The maximum atomic E-state index is 5.15. The molecule has 0 radical (unpaired) electrons. The molecule has 0 fully saturated rings. The van der Waals surface area contributed by atoms with Gasteiger partial charge < -0.3 is 4.90 Å². The van der Waals surface area contributed by atoms with E-state index in [9.17, 15) is 0 Å². The molecule has 8 aromatic carbocycles. The summed E-state index contributed by atoms with van der Waals surface area (Å²) in [6.45, 7) is 0. The van der Waals surface area contributed by atoms with E-state index in [4.69, 9.17) is 4.98 Å². The van der Waals surface area contributed by atoms with E-state index in [1.165, 1.54) is 70.8 Å². The number of anilines is 3. The number of thiophene rings is 1. The van der Waals surface area contributed by atoms with Crippen LogP contribution in [0.3, 0.4) is 0 Å². The quantitative estimate of drug-likeness (QED) is 0.170. The van der Waals surface area contributed by atoms with Gasteiger partial charge in [-0.05, 0) is 97.7 Å². The van der Waals surface area contributed by atoms with E-state index in [1.54, 1.807) is 11.3 Å². The standard InChI is InChI=1S/C52H34N2S/c1-4-14-35(15-5-1)36-24-26-41(27-25-36)54(43-32-47-46-30-37-16-10-11-17-38(37)31-50(46)55-51(47)53-34-43)42-28-29-45-44-22-12-13-23-48(44)52(49(45)33-42,39-18-6-2-7-19-39)40-20-8-3-9-21-40/h1-34H. The van der Waals surface area contributed by atoms with Gasteiger partial charge >= 0.3 is 0 Å².